The molecule has 1 heterocycles. The fraction of sp³-hybridized carbons (Fsp3) is 0.600. The first kappa shape index (κ1) is 6.07. The van der Waals surface area contributed by atoms with Gasteiger partial charge in [0.2, 0.25) is 0 Å². The van der Waals surface area contributed by atoms with Gasteiger partial charge in [-0.3, -0.25) is 0 Å². The number of nitrogen functional groups attached to an aromatic ring is 1. The Morgan fingerprint density at radius 2 is 2.44 bits per heavy atom. The number of hydrogen-bond donors (Lipinski definition) is 1. The second-order valence-corrected chi connectivity index (χ2v) is 2.18. The Hall–Kier alpha value is -1.06. The average molecular weight is 128 g/mol. The van der Waals surface area contributed by atoms with Gasteiger partial charge in [-0.05, 0) is 13.8 Å². The molecule has 0 aliphatic rings. The monoisotopic (exact) mass is 128 g/mol. The zero-order valence-corrected chi connectivity index (χ0v) is 5.53. The normalized spacial score (nSPS) is 10.6. The fourth-order valence-electron chi connectivity index (χ4n) is 0.640. The molecule has 50 valence electrons. The van der Waals surface area contributed by atoms with Crippen molar-refractivity contribution in [2.75, 3.05) is 5.84 Å². The number of rotatable bonds is 1. The summed E-state index contributed by atoms with van der Waals surface area (Å²) in [6, 6.07) is 0. The summed E-state index contributed by atoms with van der Waals surface area (Å²) in [6.07, 6.45) is 1.33. The SMILES string of the molecule is CC(C)c1ocn[n+]1N. The molecular weight excluding hydrogens is 118 g/mol. The summed E-state index contributed by atoms with van der Waals surface area (Å²) in [7, 11) is 0. The van der Waals surface area contributed by atoms with E-state index in [2.05, 4.69) is 5.10 Å². The van der Waals surface area contributed by atoms with Gasteiger partial charge >= 0.3 is 5.89 Å². The van der Waals surface area contributed by atoms with E-state index in [1.165, 1.54) is 11.2 Å². The smallest absolute Gasteiger partial charge is 0.386 e. The molecule has 1 rings (SSSR count). The highest BCUT2D eigenvalue weighted by Crippen LogP contribution is 2.05. The standard InChI is InChI=1S/C5H10N3O/c1-4(2)5-8(6)7-3-9-5/h3-4H,6H2,1-2H3/q+1. The van der Waals surface area contributed by atoms with Crippen LogP contribution in [0.1, 0.15) is 25.7 Å². The van der Waals surface area contributed by atoms with Crippen molar-refractivity contribution < 1.29 is 9.21 Å². The molecule has 0 saturated carbocycles. The minimum Gasteiger partial charge on any atom is -0.386 e. The lowest BCUT2D eigenvalue weighted by atomic mass is 10.2. The highest BCUT2D eigenvalue weighted by molar-refractivity contribution is 4.73. The molecule has 0 unspecified atom stereocenters. The molecule has 0 spiro atoms. The molecule has 1 aromatic rings. The summed E-state index contributed by atoms with van der Waals surface area (Å²) < 4.78 is 4.95. The Bertz CT molecular complexity index is 194. The van der Waals surface area contributed by atoms with Crippen molar-refractivity contribution >= 4 is 0 Å². The van der Waals surface area contributed by atoms with Gasteiger partial charge in [-0.1, -0.05) is 0 Å². The van der Waals surface area contributed by atoms with Crippen molar-refractivity contribution in [2.24, 2.45) is 0 Å². The summed E-state index contributed by atoms with van der Waals surface area (Å²) in [6.45, 7) is 3.98. The number of aromatic nitrogens is 2. The maximum Gasteiger partial charge on any atom is 0.407 e. The summed E-state index contributed by atoms with van der Waals surface area (Å²) in [5.74, 6) is 6.33. The molecule has 1 aromatic heterocycles. The van der Waals surface area contributed by atoms with Crippen LogP contribution in [0.15, 0.2) is 10.8 Å². The summed E-state index contributed by atoms with van der Waals surface area (Å²) in [5, 5.41) is 3.67. The van der Waals surface area contributed by atoms with Crippen molar-refractivity contribution in [3.63, 3.8) is 0 Å². The maximum absolute atomic E-state index is 5.35. The van der Waals surface area contributed by atoms with Gasteiger partial charge in [-0.25, -0.2) is 0 Å². The van der Waals surface area contributed by atoms with E-state index < -0.39 is 0 Å². The first-order valence-corrected chi connectivity index (χ1v) is 2.82. The molecule has 0 amide bonds. The second kappa shape index (κ2) is 2.05. The lowest BCUT2D eigenvalue weighted by Crippen LogP contribution is -2.49. The number of nitrogens with two attached hydrogens (primary N) is 1. The molecule has 0 aliphatic heterocycles. The highest BCUT2D eigenvalue weighted by Gasteiger charge is 2.17. The van der Waals surface area contributed by atoms with Gasteiger partial charge in [-0.15, -0.1) is 0 Å². The minimum atomic E-state index is 0.289. The van der Waals surface area contributed by atoms with Crippen LogP contribution in [0.3, 0.4) is 0 Å². The van der Waals surface area contributed by atoms with Crippen LogP contribution >= 0.6 is 0 Å². The molecule has 4 nitrogen and oxygen atoms in total. The molecule has 0 saturated heterocycles. The van der Waals surface area contributed by atoms with Crippen LogP contribution in [-0.2, 0) is 0 Å². The molecule has 4 heteroatoms. The van der Waals surface area contributed by atoms with Crippen LogP contribution in [-0.4, -0.2) is 5.10 Å². The van der Waals surface area contributed by atoms with Crippen LogP contribution in [0.2, 0.25) is 0 Å². The molecule has 0 fully saturated rings. The third kappa shape index (κ3) is 1.01. The van der Waals surface area contributed by atoms with Crippen molar-refractivity contribution in [3.8, 4) is 0 Å². The summed E-state index contributed by atoms with van der Waals surface area (Å²) in [4.78, 5) is 1.24. The van der Waals surface area contributed by atoms with Gasteiger partial charge in [0.1, 0.15) is 0 Å². The van der Waals surface area contributed by atoms with E-state index >= 15 is 0 Å². The second-order valence-electron chi connectivity index (χ2n) is 2.18. The van der Waals surface area contributed by atoms with Gasteiger partial charge in [-0.2, -0.15) is 5.84 Å². The van der Waals surface area contributed by atoms with E-state index in [4.69, 9.17) is 10.3 Å². The minimum absolute atomic E-state index is 0.289. The number of nitrogens with zero attached hydrogens (tertiary/aromatic N) is 2. The van der Waals surface area contributed by atoms with Crippen LogP contribution in [0.5, 0.6) is 0 Å². The Balaban J connectivity index is 2.94. The predicted octanol–water partition coefficient (Wildman–Crippen LogP) is -0.201. The number of hydrogen-bond acceptors (Lipinski definition) is 3. The third-order valence-electron chi connectivity index (χ3n) is 1.06. The van der Waals surface area contributed by atoms with E-state index in [0.29, 0.717) is 5.89 Å². The van der Waals surface area contributed by atoms with Crippen LogP contribution in [0.4, 0.5) is 0 Å². The Morgan fingerprint density at radius 3 is 2.67 bits per heavy atom. The predicted molar refractivity (Wildman–Crippen MR) is 30.9 cm³/mol. The van der Waals surface area contributed by atoms with E-state index in [-0.39, 0.29) is 5.92 Å². The maximum atomic E-state index is 5.35. The Labute approximate surface area is 53.2 Å². The summed E-state index contributed by atoms with van der Waals surface area (Å²) >= 11 is 0. The van der Waals surface area contributed by atoms with Crippen LogP contribution in [0.25, 0.3) is 0 Å². The van der Waals surface area contributed by atoms with E-state index in [1.807, 2.05) is 13.8 Å². The largest absolute Gasteiger partial charge is 0.407 e. The molecule has 9 heavy (non-hydrogen) atoms. The fourth-order valence-corrected chi connectivity index (χ4v) is 0.640. The lowest BCUT2D eigenvalue weighted by molar-refractivity contribution is -0.709. The molecule has 0 atom stereocenters. The quantitative estimate of drug-likeness (QED) is 0.421. The molecule has 0 radical (unpaired) electrons. The molecule has 0 bridgehead atoms. The Morgan fingerprint density at radius 1 is 1.78 bits per heavy atom. The van der Waals surface area contributed by atoms with Crippen molar-refractivity contribution in [1.29, 1.82) is 0 Å². The first-order chi connectivity index (χ1) is 4.22. The van der Waals surface area contributed by atoms with Crippen molar-refractivity contribution in [2.45, 2.75) is 19.8 Å². The Kier molecular flexibility index (Phi) is 1.38. The van der Waals surface area contributed by atoms with Gasteiger partial charge in [0.15, 0.2) is 0 Å². The van der Waals surface area contributed by atoms with Gasteiger partial charge < -0.3 is 4.42 Å². The highest BCUT2D eigenvalue weighted by atomic mass is 16.4. The molecule has 0 aliphatic carbocycles. The van der Waals surface area contributed by atoms with E-state index in [0.717, 1.165) is 0 Å². The first-order valence-electron chi connectivity index (χ1n) is 2.82. The van der Waals surface area contributed by atoms with Crippen LogP contribution in [0, 0.1) is 0 Å². The topological polar surface area (TPSA) is 55.9 Å². The zero-order chi connectivity index (χ0) is 6.85. The molecule has 0 aromatic carbocycles. The van der Waals surface area contributed by atoms with E-state index in [1.54, 1.807) is 0 Å². The molecular formula is C5H10N3O+. The van der Waals surface area contributed by atoms with Crippen molar-refractivity contribution in [3.05, 3.63) is 12.3 Å². The summed E-state index contributed by atoms with van der Waals surface area (Å²) in [5.41, 5.74) is 0. The molecule has 2 N–H and O–H groups in total. The van der Waals surface area contributed by atoms with Gasteiger partial charge in [0.25, 0.3) is 6.39 Å². The third-order valence-corrected chi connectivity index (χ3v) is 1.06. The van der Waals surface area contributed by atoms with Gasteiger partial charge in [0, 0.05) is 0 Å². The van der Waals surface area contributed by atoms with Crippen molar-refractivity contribution in [1.82, 2.24) is 5.10 Å². The zero-order valence-electron chi connectivity index (χ0n) is 5.53. The average Bonchev–Trinajstić information content (AvgIpc) is 2.13. The lowest BCUT2D eigenvalue weighted by Gasteiger charge is -1.88. The van der Waals surface area contributed by atoms with E-state index in [9.17, 15) is 0 Å². The van der Waals surface area contributed by atoms with Crippen LogP contribution < -0.4 is 10.6 Å². The van der Waals surface area contributed by atoms with Gasteiger partial charge in [0.05, 0.1) is 15.8 Å².